The fourth-order valence-electron chi connectivity index (χ4n) is 1.91. The molecule has 3 heterocycles. The molecule has 0 aliphatic heterocycles. The van der Waals surface area contributed by atoms with E-state index in [-0.39, 0.29) is 17.7 Å². The average molecular weight is 300 g/mol. The molecule has 0 fully saturated rings. The first-order chi connectivity index (χ1) is 10.6. The predicted molar refractivity (Wildman–Crippen MR) is 75.1 cm³/mol. The molecule has 0 bridgehead atoms. The van der Waals surface area contributed by atoms with Crippen LogP contribution in [0.3, 0.4) is 0 Å². The monoisotopic (exact) mass is 300 g/mol. The van der Waals surface area contributed by atoms with Gasteiger partial charge in [-0.2, -0.15) is 0 Å². The van der Waals surface area contributed by atoms with Gasteiger partial charge in [-0.3, -0.25) is 4.79 Å². The lowest BCUT2D eigenvalue weighted by molar-refractivity contribution is 0.0446. The van der Waals surface area contributed by atoms with E-state index in [0.29, 0.717) is 23.1 Å². The van der Waals surface area contributed by atoms with Crippen molar-refractivity contribution < 1.29 is 18.4 Å². The van der Waals surface area contributed by atoms with Gasteiger partial charge in [0, 0.05) is 11.8 Å². The quantitative estimate of drug-likeness (QED) is 0.742. The summed E-state index contributed by atoms with van der Waals surface area (Å²) in [5.74, 6) is 0.567. The molecular weight excluding hydrogens is 288 g/mol. The van der Waals surface area contributed by atoms with Crippen LogP contribution in [0, 0.1) is 6.92 Å². The second-order valence-electron chi connectivity index (χ2n) is 4.60. The number of rotatable bonds is 4. The highest BCUT2D eigenvalue weighted by Crippen LogP contribution is 2.19. The minimum atomic E-state index is -0.606. The molecule has 112 valence electrons. The van der Waals surface area contributed by atoms with Crippen LogP contribution in [0.25, 0.3) is 11.7 Å². The Morgan fingerprint density at radius 1 is 1.41 bits per heavy atom. The highest BCUT2D eigenvalue weighted by molar-refractivity contribution is 5.89. The lowest BCUT2D eigenvalue weighted by Crippen LogP contribution is -2.12. The number of ether oxygens (including phenoxy) is 1. The van der Waals surface area contributed by atoms with E-state index in [1.807, 2.05) is 0 Å². The minimum Gasteiger partial charge on any atom is -0.459 e. The fraction of sp³-hybridized carbons (Fsp3) is 0.133. The molecule has 7 nitrogen and oxygen atoms in total. The van der Waals surface area contributed by atoms with Crippen molar-refractivity contribution in [3.8, 4) is 11.7 Å². The Morgan fingerprint density at radius 2 is 2.27 bits per heavy atom. The fourth-order valence-corrected chi connectivity index (χ4v) is 1.91. The van der Waals surface area contributed by atoms with E-state index < -0.39 is 5.97 Å². The van der Waals surface area contributed by atoms with E-state index in [2.05, 4.69) is 9.97 Å². The van der Waals surface area contributed by atoms with E-state index in [1.165, 1.54) is 18.5 Å². The third kappa shape index (κ3) is 2.98. The first-order valence-corrected chi connectivity index (χ1v) is 6.48. The van der Waals surface area contributed by atoms with Crippen LogP contribution >= 0.6 is 0 Å². The van der Waals surface area contributed by atoms with Gasteiger partial charge in [0.2, 0.25) is 5.56 Å². The van der Waals surface area contributed by atoms with Gasteiger partial charge in [-0.05, 0) is 25.1 Å². The van der Waals surface area contributed by atoms with E-state index in [0.717, 1.165) is 0 Å². The molecule has 0 saturated carbocycles. The zero-order valence-corrected chi connectivity index (χ0v) is 11.7. The number of aromatic nitrogens is 2. The number of esters is 1. The molecule has 22 heavy (non-hydrogen) atoms. The standard InChI is InChI=1S/C15H12N2O5/c1-9-5-10(6-13(18)17-9)15(19)21-8-11-7-16-14(22-11)12-3-2-4-20-12/h2-7H,8H2,1H3,(H,17,18). The molecule has 0 saturated heterocycles. The van der Waals surface area contributed by atoms with E-state index >= 15 is 0 Å². The second kappa shape index (κ2) is 5.72. The maximum absolute atomic E-state index is 11.9. The number of aromatic amines is 1. The summed E-state index contributed by atoms with van der Waals surface area (Å²) in [5, 5.41) is 0. The van der Waals surface area contributed by atoms with Crippen molar-refractivity contribution in [1.29, 1.82) is 0 Å². The Morgan fingerprint density at radius 3 is 3.00 bits per heavy atom. The van der Waals surface area contributed by atoms with Crippen molar-refractivity contribution in [1.82, 2.24) is 9.97 Å². The average Bonchev–Trinajstić information content (AvgIpc) is 3.14. The lowest BCUT2D eigenvalue weighted by Gasteiger charge is -2.03. The molecular formula is C15H12N2O5. The van der Waals surface area contributed by atoms with Gasteiger partial charge in [-0.25, -0.2) is 9.78 Å². The summed E-state index contributed by atoms with van der Waals surface area (Å²) in [7, 11) is 0. The first-order valence-electron chi connectivity index (χ1n) is 6.48. The molecule has 0 radical (unpaired) electrons. The molecule has 3 aromatic rings. The summed E-state index contributed by atoms with van der Waals surface area (Å²) >= 11 is 0. The zero-order chi connectivity index (χ0) is 15.5. The number of carbonyl (C=O) groups is 1. The van der Waals surface area contributed by atoms with Gasteiger partial charge in [0.1, 0.15) is 0 Å². The number of hydrogen-bond acceptors (Lipinski definition) is 6. The van der Waals surface area contributed by atoms with Crippen LogP contribution in [0.4, 0.5) is 0 Å². The number of nitrogens with zero attached hydrogens (tertiary/aromatic N) is 1. The Balaban J connectivity index is 1.67. The van der Waals surface area contributed by atoms with Crippen LogP contribution in [0.15, 0.2) is 50.4 Å². The maximum atomic E-state index is 11.9. The smallest absolute Gasteiger partial charge is 0.338 e. The number of H-pyrrole nitrogens is 1. The predicted octanol–water partition coefficient (Wildman–Crippen LogP) is 2.29. The van der Waals surface area contributed by atoms with Gasteiger partial charge in [0.15, 0.2) is 18.1 Å². The van der Waals surface area contributed by atoms with Crippen molar-refractivity contribution in [3.05, 3.63) is 64.1 Å². The molecule has 3 aromatic heterocycles. The summed E-state index contributed by atoms with van der Waals surface area (Å²) in [5.41, 5.74) is 0.415. The largest absolute Gasteiger partial charge is 0.459 e. The molecule has 0 aromatic carbocycles. The van der Waals surface area contributed by atoms with E-state index in [9.17, 15) is 9.59 Å². The molecule has 1 N–H and O–H groups in total. The number of aryl methyl sites for hydroxylation is 1. The number of furan rings is 1. The summed E-state index contributed by atoms with van der Waals surface area (Å²) < 4.78 is 15.7. The molecule has 0 atom stereocenters. The summed E-state index contributed by atoms with van der Waals surface area (Å²) in [6.07, 6.45) is 2.96. The van der Waals surface area contributed by atoms with E-state index in [4.69, 9.17) is 13.6 Å². The van der Waals surface area contributed by atoms with Crippen LogP contribution < -0.4 is 5.56 Å². The summed E-state index contributed by atoms with van der Waals surface area (Å²) in [4.78, 5) is 29.8. The molecule has 3 rings (SSSR count). The Hall–Kier alpha value is -3.09. The summed E-state index contributed by atoms with van der Waals surface area (Å²) in [6, 6.07) is 6.15. The van der Waals surface area contributed by atoms with Gasteiger partial charge >= 0.3 is 5.97 Å². The first kappa shape index (κ1) is 13.9. The van der Waals surface area contributed by atoms with Crippen molar-refractivity contribution in [2.24, 2.45) is 0 Å². The molecule has 0 aliphatic carbocycles. The highest BCUT2D eigenvalue weighted by Gasteiger charge is 2.13. The molecule has 0 amide bonds. The Labute approximate surface area is 124 Å². The van der Waals surface area contributed by atoms with Crippen LogP contribution in [-0.4, -0.2) is 15.9 Å². The molecule has 0 aliphatic rings. The zero-order valence-electron chi connectivity index (χ0n) is 11.7. The van der Waals surface area contributed by atoms with E-state index in [1.54, 1.807) is 25.1 Å². The summed E-state index contributed by atoms with van der Waals surface area (Å²) in [6.45, 7) is 1.60. The number of pyridine rings is 1. The minimum absolute atomic E-state index is 0.0849. The third-order valence-corrected chi connectivity index (χ3v) is 2.85. The number of hydrogen-bond donors (Lipinski definition) is 1. The van der Waals surface area contributed by atoms with Crippen LogP contribution in [-0.2, 0) is 11.3 Å². The topological polar surface area (TPSA) is 98.3 Å². The third-order valence-electron chi connectivity index (χ3n) is 2.85. The Kier molecular flexibility index (Phi) is 3.61. The second-order valence-corrected chi connectivity index (χ2v) is 4.60. The van der Waals surface area contributed by atoms with Crippen LogP contribution in [0.1, 0.15) is 21.8 Å². The van der Waals surface area contributed by atoms with Crippen molar-refractivity contribution in [2.45, 2.75) is 13.5 Å². The van der Waals surface area contributed by atoms with Gasteiger partial charge in [-0.1, -0.05) is 0 Å². The van der Waals surface area contributed by atoms with Crippen molar-refractivity contribution in [3.63, 3.8) is 0 Å². The SMILES string of the molecule is Cc1cc(C(=O)OCc2cnc(-c3ccco3)o2)cc(=O)[nH]1. The van der Waals surface area contributed by atoms with Crippen molar-refractivity contribution >= 4 is 5.97 Å². The Bertz CT molecular complexity index is 845. The van der Waals surface area contributed by atoms with Crippen LogP contribution in [0.5, 0.6) is 0 Å². The number of oxazole rings is 1. The van der Waals surface area contributed by atoms with Gasteiger partial charge in [0.05, 0.1) is 18.0 Å². The van der Waals surface area contributed by atoms with Gasteiger partial charge < -0.3 is 18.6 Å². The maximum Gasteiger partial charge on any atom is 0.338 e. The highest BCUT2D eigenvalue weighted by atomic mass is 16.5. The number of nitrogens with one attached hydrogen (secondary N) is 1. The van der Waals surface area contributed by atoms with Gasteiger partial charge in [-0.15, -0.1) is 0 Å². The lowest BCUT2D eigenvalue weighted by atomic mass is 10.2. The number of carbonyl (C=O) groups excluding carboxylic acids is 1. The molecule has 0 unspecified atom stereocenters. The normalized spacial score (nSPS) is 10.6. The van der Waals surface area contributed by atoms with Crippen molar-refractivity contribution in [2.75, 3.05) is 0 Å². The van der Waals surface area contributed by atoms with Gasteiger partial charge in [0.25, 0.3) is 5.89 Å². The molecule has 7 heteroatoms. The van der Waals surface area contributed by atoms with Crippen LogP contribution in [0.2, 0.25) is 0 Å². The molecule has 0 spiro atoms.